The van der Waals surface area contributed by atoms with E-state index in [9.17, 15) is 19.1 Å². The SMILES string of the molecule is O=C(NCCCn1ccccc1=O)[C@@H](O)c1ccc(F)cc1. The molecule has 0 saturated carbocycles. The summed E-state index contributed by atoms with van der Waals surface area (Å²) >= 11 is 0. The summed E-state index contributed by atoms with van der Waals surface area (Å²) < 4.78 is 14.3. The number of aryl methyl sites for hydroxylation is 1. The van der Waals surface area contributed by atoms with Crippen molar-refractivity contribution >= 4 is 5.91 Å². The van der Waals surface area contributed by atoms with Gasteiger partial charge in [0, 0.05) is 25.4 Å². The number of aliphatic hydroxyl groups is 1. The van der Waals surface area contributed by atoms with E-state index in [1.807, 2.05) is 0 Å². The fourth-order valence-corrected chi connectivity index (χ4v) is 2.00. The Kier molecular flexibility index (Phi) is 5.43. The molecule has 1 atom stereocenters. The Morgan fingerprint density at radius 1 is 1.23 bits per heavy atom. The van der Waals surface area contributed by atoms with Gasteiger partial charge in [-0.2, -0.15) is 0 Å². The van der Waals surface area contributed by atoms with Crippen LogP contribution in [0.15, 0.2) is 53.5 Å². The van der Waals surface area contributed by atoms with Gasteiger partial charge in [0.1, 0.15) is 5.82 Å². The molecule has 1 aromatic carbocycles. The first-order chi connectivity index (χ1) is 10.6. The molecule has 0 radical (unpaired) electrons. The van der Waals surface area contributed by atoms with Gasteiger partial charge in [-0.05, 0) is 30.2 Å². The number of carbonyl (C=O) groups is 1. The molecule has 2 rings (SSSR count). The van der Waals surface area contributed by atoms with E-state index in [-0.39, 0.29) is 5.56 Å². The number of pyridine rings is 1. The van der Waals surface area contributed by atoms with E-state index in [4.69, 9.17) is 0 Å². The first kappa shape index (κ1) is 15.9. The summed E-state index contributed by atoms with van der Waals surface area (Å²) in [5, 5.41) is 12.4. The second-order valence-electron chi connectivity index (χ2n) is 4.83. The van der Waals surface area contributed by atoms with Gasteiger partial charge in [-0.3, -0.25) is 9.59 Å². The van der Waals surface area contributed by atoms with E-state index in [1.165, 1.54) is 30.3 Å². The molecule has 22 heavy (non-hydrogen) atoms. The zero-order valence-electron chi connectivity index (χ0n) is 11.9. The Bertz CT molecular complexity index is 682. The van der Waals surface area contributed by atoms with Gasteiger partial charge in [0.05, 0.1) is 0 Å². The van der Waals surface area contributed by atoms with Gasteiger partial charge < -0.3 is 15.0 Å². The molecule has 1 heterocycles. The number of carbonyl (C=O) groups excluding carboxylic acids is 1. The molecular formula is C16H17FN2O3. The quantitative estimate of drug-likeness (QED) is 0.789. The minimum absolute atomic E-state index is 0.0971. The summed E-state index contributed by atoms with van der Waals surface area (Å²) in [6.45, 7) is 0.811. The summed E-state index contributed by atoms with van der Waals surface area (Å²) in [7, 11) is 0. The van der Waals surface area contributed by atoms with Gasteiger partial charge in [0.15, 0.2) is 6.10 Å². The molecule has 0 bridgehead atoms. The number of amides is 1. The number of rotatable bonds is 6. The summed E-state index contributed by atoms with van der Waals surface area (Å²) in [4.78, 5) is 23.3. The topological polar surface area (TPSA) is 71.3 Å². The van der Waals surface area contributed by atoms with Crippen LogP contribution < -0.4 is 10.9 Å². The third-order valence-electron chi connectivity index (χ3n) is 3.21. The van der Waals surface area contributed by atoms with E-state index in [2.05, 4.69) is 5.32 Å². The molecule has 0 spiro atoms. The maximum absolute atomic E-state index is 12.8. The van der Waals surface area contributed by atoms with Crippen molar-refractivity contribution in [2.24, 2.45) is 0 Å². The number of benzene rings is 1. The first-order valence-corrected chi connectivity index (χ1v) is 6.94. The number of hydrogen-bond donors (Lipinski definition) is 2. The number of aromatic nitrogens is 1. The molecule has 0 saturated heterocycles. The van der Waals surface area contributed by atoms with Crippen molar-refractivity contribution in [2.75, 3.05) is 6.54 Å². The predicted molar refractivity (Wildman–Crippen MR) is 79.7 cm³/mol. The highest BCUT2D eigenvalue weighted by Crippen LogP contribution is 2.13. The molecule has 0 aliphatic rings. The summed E-state index contributed by atoms with van der Waals surface area (Å²) in [6.07, 6.45) is 0.906. The van der Waals surface area contributed by atoms with Gasteiger partial charge in [0.2, 0.25) is 5.56 Å². The summed E-state index contributed by atoms with van der Waals surface area (Å²) in [5.74, 6) is -0.975. The van der Waals surface area contributed by atoms with Gasteiger partial charge in [0.25, 0.3) is 5.91 Å². The number of halogens is 1. The molecule has 1 aromatic heterocycles. The highest BCUT2D eigenvalue weighted by molar-refractivity contribution is 5.81. The molecular weight excluding hydrogens is 287 g/mol. The van der Waals surface area contributed by atoms with Crippen molar-refractivity contribution < 1.29 is 14.3 Å². The Morgan fingerprint density at radius 3 is 2.64 bits per heavy atom. The first-order valence-electron chi connectivity index (χ1n) is 6.94. The third kappa shape index (κ3) is 4.26. The van der Waals surface area contributed by atoms with Crippen molar-refractivity contribution in [3.63, 3.8) is 0 Å². The van der Waals surface area contributed by atoms with Crippen molar-refractivity contribution in [2.45, 2.75) is 19.1 Å². The number of nitrogens with zero attached hydrogens (tertiary/aromatic N) is 1. The Balaban J connectivity index is 1.79. The number of nitrogens with one attached hydrogen (secondary N) is 1. The normalized spacial score (nSPS) is 11.9. The minimum atomic E-state index is -1.33. The van der Waals surface area contributed by atoms with Crippen LogP contribution in [0.1, 0.15) is 18.1 Å². The van der Waals surface area contributed by atoms with Crippen LogP contribution in [0.5, 0.6) is 0 Å². The van der Waals surface area contributed by atoms with Crippen LogP contribution in [0.25, 0.3) is 0 Å². The maximum atomic E-state index is 12.8. The molecule has 0 unspecified atom stereocenters. The van der Waals surface area contributed by atoms with Gasteiger partial charge >= 0.3 is 0 Å². The van der Waals surface area contributed by atoms with Crippen LogP contribution in [0.3, 0.4) is 0 Å². The monoisotopic (exact) mass is 304 g/mol. The van der Waals surface area contributed by atoms with Crippen LogP contribution in [0.2, 0.25) is 0 Å². The fourth-order valence-electron chi connectivity index (χ4n) is 2.00. The largest absolute Gasteiger partial charge is 0.378 e. The van der Waals surface area contributed by atoms with Crippen molar-refractivity contribution in [1.29, 1.82) is 0 Å². The molecule has 116 valence electrons. The van der Waals surface area contributed by atoms with Crippen LogP contribution in [0.4, 0.5) is 4.39 Å². The minimum Gasteiger partial charge on any atom is -0.378 e. The highest BCUT2D eigenvalue weighted by atomic mass is 19.1. The van der Waals surface area contributed by atoms with Crippen molar-refractivity contribution in [3.05, 3.63) is 70.4 Å². The molecule has 1 amide bonds. The lowest BCUT2D eigenvalue weighted by Gasteiger charge is -2.12. The van der Waals surface area contributed by atoms with E-state index < -0.39 is 17.8 Å². The highest BCUT2D eigenvalue weighted by Gasteiger charge is 2.16. The summed E-state index contributed by atoms with van der Waals surface area (Å²) in [5.41, 5.74) is 0.235. The molecule has 5 nitrogen and oxygen atoms in total. The number of hydrogen-bond acceptors (Lipinski definition) is 3. The molecule has 0 aliphatic carbocycles. The van der Waals surface area contributed by atoms with E-state index in [0.29, 0.717) is 25.1 Å². The van der Waals surface area contributed by atoms with Crippen LogP contribution >= 0.6 is 0 Å². The molecule has 0 fully saturated rings. The van der Waals surface area contributed by atoms with Gasteiger partial charge in [-0.1, -0.05) is 18.2 Å². The molecule has 2 N–H and O–H groups in total. The fraction of sp³-hybridized carbons (Fsp3) is 0.250. The van der Waals surface area contributed by atoms with Gasteiger partial charge in [-0.15, -0.1) is 0 Å². The lowest BCUT2D eigenvalue weighted by molar-refractivity contribution is -0.129. The lowest BCUT2D eigenvalue weighted by atomic mass is 10.1. The Morgan fingerprint density at radius 2 is 1.95 bits per heavy atom. The second-order valence-corrected chi connectivity index (χ2v) is 4.83. The van der Waals surface area contributed by atoms with Crippen molar-refractivity contribution in [3.8, 4) is 0 Å². The van der Waals surface area contributed by atoms with E-state index in [0.717, 1.165) is 0 Å². The zero-order valence-corrected chi connectivity index (χ0v) is 11.9. The molecule has 2 aromatic rings. The lowest BCUT2D eigenvalue weighted by Crippen LogP contribution is -2.31. The van der Waals surface area contributed by atoms with Crippen LogP contribution in [-0.2, 0) is 11.3 Å². The van der Waals surface area contributed by atoms with Crippen molar-refractivity contribution in [1.82, 2.24) is 9.88 Å². The smallest absolute Gasteiger partial charge is 0.253 e. The zero-order chi connectivity index (χ0) is 15.9. The van der Waals surface area contributed by atoms with Gasteiger partial charge in [-0.25, -0.2) is 4.39 Å². The maximum Gasteiger partial charge on any atom is 0.253 e. The van der Waals surface area contributed by atoms with Crippen LogP contribution in [-0.4, -0.2) is 22.1 Å². The average molecular weight is 304 g/mol. The predicted octanol–water partition coefficient (Wildman–Crippen LogP) is 1.23. The standard InChI is InChI=1S/C16H17FN2O3/c17-13-7-5-12(6-8-13)15(21)16(22)18-9-3-11-19-10-2-1-4-14(19)20/h1-2,4-8,10,15,21H,3,9,11H2,(H,18,22)/t15-/m0/s1. The second kappa shape index (κ2) is 7.51. The van der Waals surface area contributed by atoms with E-state index in [1.54, 1.807) is 22.9 Å². The Labute approximate surface area is 127 Å². The summed E-state index contributed by atoms with van der Waals surface area (Å²) in [6, 6.07) is 10.0. The number of aliphatic hydroxyl groups excluding tert-OH is 1. The Hall–Kier alpha value is -2.47. The van der Waals surface area contributed by atoms with Crippen LogP contribution in [0, 0.1) is 5.82 Å². The molecule has 6 heteroatoms. The third-order valence-corrected chi connectivity index (χ3v) is 3.21. The van der Waals surface area contributed by atoms with E-state index >= 15 is 0 Å². The average Bonchev–Trinajstić information content (AvgIpc) is 2.53. The molecule has 0 aliphatic heterocycles.